The smallest absolute Gasteiger partial charge is 0.225 e. The summed E-state index contributed by atoms with van der Waals surface area (Å²) in [5, 5.41) is 22.4. The number of benzene rings is 1. The molecule has 3 aromatic rings. The molecule has 0 aliphatic carbocycles. The van der Waals surface area contributed by atoms with Gasteiger partial charge in [-0.1, -0.05) is 12.1 Å². The van der Waals surface area contributed by atoms with Gasteiger partial charge in [-0.15, -0.1) is 11.8 Å². The predicted molar refractivity (Wildman–Crippen MR) is 116 cm³/mol. The minimum atomic E-state index is -0.136. The van der Waals surface area contributed by atoms with E-state index < -0.39 is 0 Å². The van der Waals surface area contributed by atoms with E-state index in [0.29, 0.717) is 22.1 Å². The maximum atomic E-state index is 12.3. The number of nitrogens with zero attached hydrogens (tertiary/aromatic N) is 3. The molecule has 8 heteroatoms. The summed E-state index contributed by atoms with van der Waals surface area (Å²) in [5.74, 6) is 0.640. The molecule has 0 aliphatic heterocycles. The van der Waals surface area contributed by atoms with E-state index in [9.17, 15) is 15.3 Å². The number of aryl methyl sites for hydroxylation is 2. The zero-order chi connectivity index (χ0) is 21.7. The molecule has 3 rings (SSSR count). The predicted octanol–water partition coefficient (Wildman–Crippen LogP) is 4.40. The number of nitrogen functional groups attached to an aromatic ring is 1. The van der Waals surface area contributed by atoms with Gasteiger partial charge in [-0.3, -0.25) is 4.79 Å². The Hall–Kier alpha value is -3.75. The van der Waals surface area contributed by atoms with Gasteiger partial charge in [-0.2, -0.15) is 10.5 Å². The zero-order valence-corrected chi connectivity index (χ0v) is 17.3. The Kier molecular flexibility index (Phi) is 6.41. The number of furan rings is 1. The minimum absolute atomic E-state index is 0.0187. The average Bonchev–Trinajstić information content (AvgIpc) is 3.24. The van der Waals surface area contributed by atoms with Gasteiger partial charge in [0.15, 0.2) is 0 Å². The Morgan fingerprint density at radius 2 is 2.00 bits per heavy atom. The summed E-state index contributed by atoms with van der Waals surface area (Å²) in [4.78, 5) is 16.6. The first-order valence-corrected chi connectivity index (χ1v) is 10.1. The Morgan fingerprint density at radius 1 is 1.23 bits per heavy atom. The van der Waals surface area contributed by atoms with Gasteiger partial charge in [-0.25, -0.2) is 4.98 Å². The molecule has 30 heavy (non-hydrogen) atoms. The van der Waals surface area contributed by atoms with E-state index in [1.807, 2.05) is 38.1 Å². The molecule has 1 aromatic carbocycles. The highest BCUT2D eigenvalue weighted by molar-refractivity contribution is 7.99. The van der Waals surface area contributed by atoms with E-state index in [1.165, 1.54) is 18.0 Å². The van der Waals surface area contributed by atoms with Crippen LogP contribution in [0.4, 0.5) is 11.5 Å². The van der Waals surface area contributed by atoms with Crippen LogP contribution in [0.25, 0.3) is 11.3 Å². The molecule has 2 aromatic heterocycles. The maximum Gasteiger partial charge on any atom is 0.225 e. The number of carbonyl (C=O) groups is 1. The summed E-state index contributed by atoms with van der Waals surface area (Å²) in [6.45, 7) is 3.90. The summed E-state index contributed by atoms with van der Waals surface area (Å²) in [7, 11) is 0. The van der Waals surface area contributed by atoms with E-state index in [4.69, 9.17) is 10.2 Å². The average molecular weight is 417 g/mol. The van der Waals surface area contributed by atoms with Gasteiger partial charge in [0, 0.05) is 17.9 Å². The van der Waals surface area contributed by atoms with Crippen LogP contribution in [0, 0.1) is 36.5 Å². The highest BCUT2D eigenvalue weighted by Crippen LogP contribution is 2.35. The van der Waals surface area contributed by atoms with Gasteiger partial charge in [-0.05, 0) is 43.2 Å². The molecule has 0 aliphatic rings. The third-order valence-electron chi connectivity index (χ3n) is 4.42. The lowest BCUT2D eigenvalue weighted by Gasteiger charge is -2.12. The van der Waals surface area contributed by atoms with Crippen LogP contribution >= 0.6 is 11.8 Å². The van der Waals surface area contributed by atoms with E-state index in [1.54, 1.807) is 12.1 Å². The third kappa shape index (κ3) is 4.45. The first kappa shape index (κ1) is 21.0. The molecule has 0 saturated heterocycles. The fourth-order valence-corrected chi connectivity index (χ4v) is 3.83. The van der Waals surface area contributed by atoms with Crippen molar-refractivity contribution in [2.45, 2.75) is 25.3 Å². The van der Waals surface area contributed by atoms with Crippen LogP contribution in [0.3, 0.4) is 0 Å². The number of pyridine rings is 1. The normalized spacial score (nSPS) is 10.3. The Labute approximate surface area is 178 Å². The fraction of sp³-hybridized carbons (Fsp3) is 0.182. The van der Waals surface area contributed by atoms with Crippen LogP contribution < -0.4 is 11.1 Å². The van der Waals surface area contributed by atoms with E-state index in [0.717, 1.165) is 16.8 Å². The number of nitrogens with two attached hydrogens (primary N) is 1. The quantitative estimate of drug-likeness (QED) is 0.568. The number of aromatic nitrogens is 1. The van der Waals surface area contributed by atoms with Crippen LogP contribution in [0.1, 0.15) is 28.7 Å². The highest BCUT2D eigenvalue weighted by atomic mass is 32.2. The number of nitriles is 2. The maximum absolute atomic E-state index is 12.3. The molecule has 0 saturated carbocycles. The summed E-state index contributed by atoms with van der Waals surface area (Å²) in [6.07, 6.45) is 1.68. The fourth-order valence-electron chi connectivity index (χ4n) is 2.89. The lowest BCUT2D eigenvalue weighted by atomic mass is 10.0. The lowest BCUT2D eigenvalue weighted by molar-refractivity contribution is -0.115. The van der Waals surface area contributed by atoms with E-state index in [-0.39, 0.29) is 29.3 Å². The summed E-state index contributed by atoms with van der Waals surface area (Å²) >= 11 is 1.24. The van der Waals surface area contributed by atoms with Gasteiger partial charge < -0.3 is 15.5 Å². The molecule has 3 N–H and O–H groups in total. The van der Waals surface area contributed by atoms with Crippen molar-refractivity contribution >= 4 is 29.2 Å². The highest BCUT2D eigenvalue weighted by Gasteiger charge is 2.22. The minimum Gasteiger partial charge on any atom is -0.464 e. The van der Waals surface area contributed by atoms with Crippen molar-refractivity contribution in [3.05, 3.63) is 58.8 Å². The molecular weight excluding hydrogens is 398 g/mol. The molecule has 2 heterocycles. The van der Waals surface area contributed by atoms with Gasteiger partial charge in [0.2, 0.25) is 5.91 Å². The summed E-state index contributed by atoms with van der Waals surface area (Å²) in [6, 6.07) is 13.3. The van der Waals surface area contributed by atoms with Crippen molar-refractivity contribution in [2.75, 3.05) is 16.8 Å². The second-order valence-corrected chi connectivity index (χ2v) is 7.68. The van der Waals surface area contributed by atoms with Gasteiger partial charge in [0.05, 0.1) is 17.4 Å². The number of thioether (sulfide) groups is 1. The first-order valence-electron chi connectivity index (χ1n) is 9.12. The zero-order valence-electron chi connectivity index (χ0n) is 16.5. The SMILES string of the molecule is Cc1ccc(C)c(NC(=O)CCSc2nc(N)c(C#N)c(-c3ccco3)c2C#N)c1. The molecule has 0 fully saturated rings. The molecule has 0 bridgehead atoms. The molecular formula is C22H19N5O2S. The van der Waals surface area contributed by atoms with Crippen molar-refractivity contribution in [3.8, 4) is 23.5 Å². The topological polar surface area (TPSA) is 129 Å². The Bertz CT molecular complexity index is 1170. The Morgan fingerprint density at radius 3 is 2.67 bits per heavy atom. The van der Waals surface area contributed by atoms with Gasteiger partial charge in [0.25, 0.3) is 0 Å². The Balaban J connectivity index is 1.77. The van der Waals surface area contributed by atoms with Crippen LogP contribution in [-0.2, 0) is 4.79 Å². The van der Waals surface area contributed by atoms with Crippen molar-refractivity contribution in [1.82, 2.24) is 4.98 Å². The lowest BCUT2D eigenvalue weighted by Crippen LogP contribution is -2.13. The molecule has 0 radical (unpaired) electrons. The number of hydrogen-bond donors (Lipinski definition) is 2. The molecule has 7 nitrogen and oxygen atoms in total. The van der Waals surface area contributed by atoms with Crippen molar-refractivity contribution < 1.29 is 9.21 Å². The second kappa shape index (κ2) is 9.17. The number of rotatable bonds is 6. The molecule has 150 valence electrons. The van der Waals surface area contributed by atoms with Crippen LogP contribution in [0.15, 0.2) is 46.0 Å². The monoisotopic (exact) mass is 417 g/mol. The van der Waals surface area contributed by atoms with E-state index in [2.05, 4.69) is 16.4 Å². The van der Waals surface area contributed by atoms with Crippen LogP contribution in [-0.4, -0.2) is 16.6 Å². The largest absolute Gasteiger partial charge is 0.464 e. The summed E-state index contributed by atoms with van der Waals surface area (Å²) in [5.41, 5.74) is 9.40. The second-order valence-electron chi connectivity index (χ2n) is 6.59. The molecule has 1 amide bonds. The van der Waals surface area contributed by atoms with Gasteiger partial charge >= 0.3 is 0 Å². The number of hydrogen-bond acceptors (Lipinski definition) is 7. The standard InChI is InChI=1S/C22H19N5O2S/c1-13-5-6-14(2)17(10-13)26-19(28)7-9-30-22-16(12-24)20(18-4-3-8-29-18)15(11-23)21(25)27-22/h3-6,8,10H,7,9H2,1-2H3,(H2,25,27)(H,26,28). The van der Waals surface area contributed by atoms with Crippen LogP contribution in [0.5, 0.6) is 0 Å². The number of carbonyl (C=O) groups excluding carboxylic acids is 1. The first-order chi connectivity index (χ1) is 14.4. The summed E-state index contributed by atoms with van der Waals surface area (Å²) < 4.78 is 5.39. The third-order valence-corrected chi connectivity index (χ3v) is 5.40. The van der Waals surface area contributed by atoms with Crippen LogP contribution in [0.2, 0.25) is 0 Å². The number of nitrogens with one attached hydrogen (secondary N) is 1. The number of amides is 1. The molecule has 0 atom stereocenters. The van der Waals surface area contributed by atoms with Crippen molar-refractivity contribution in [2.24, 2.45) is 0 Å². The molecule has 0 unspecified atom stereocenters. The van der Waals surface area contributed by atoms with Gasteiger partial charge in [0.1, 0.15) is 34.3 Å². The molecule has 0 spiro atoms. The van der Waals surface area contributed by atoms with E-state index >= 15 is 0 Å². The van der Waals surface area contributed by atoms with Crippen molar-refractivity contribution in [1.29, 1.82) is 10.5 Å². The van der Waals surface area contributed by atoms with Crippen molar-refractivity contribution in [3.63, 3.8) is 0 Å². The number of anilines is 2.